The zero-order valence-corrected chi connectivity index (χ0v) is 19.1. The van der Waals surface area contributed by atoms with E-state index < -0.39 is 11.0 Å². The van der Waals surface area contributed by atoms with Crippen molar-refractivity contribution in [3.8, 4) is 0 Å². The lowest BCUT2D eigenvalue weighted by molar-refractivity contribution is -0.169. The van der Waals surface area contributed by atoms with Gasteiger partial charge < -0.3 is 19.3 Å². The van der Waals surface area contributed by atoms with Gasteiger partial charge in [-0.05, 0) is 23.6 Å². The molecule has 0 amide bonds. The molecule has 1 unspecified atom stereocenters. The Morgan fingerprint density at radius 2 is 1.25 bits per heavy atom. The monoisotopic (exact) mass is 450 g/mol. The number of hydrogen-bond donors (Lipinski definition) is 1. The van der Waals surface area contributed by atoms with Gasteiger partial charge in [-0.15, -0.1) is 11.8 Å². The second-order valence-electron chi connectivity index (χ2n) is 8.20. The summed E-state index contributed by atoms with van der Waals surface area (Å²) in [5.41, 5.74) is 1.72. The summed E-state index contributed by atoms with van der Waals surface area (Å²) in [6, 6.07) is 30.2. The summed E-state index contributed by atoms with van der Waals surface area (Å²) in [4.78, 5) is 0. The van der Waals surface area contributed by atoms with Crippen LogP contribution in [0.5, 0.6) is 0 Å². The molecule has 0 saturated carbocycles. The molecule has 0 bridgehead atoms. The Bertz CT molecular complexity index is 938. The lowest BCUT2D eigenvalue weighted by Crippen LogP contribution is -2.49. The zero-order chi connectivity index (χ0) is 22.2. The van der Waals surface area contributed by atoms with E-state index in [1.807, 2.05) is 97.9 Å². The van der Waals surface area contributed by atoms with Gasteiger partial charge >= 0.3 is 0 Å². The number of aliphatic hydroxyl groups is 1. The van der Waals surface area contributed by atoms with Gasteiger partial charge in [-0.1, -0.05) is 91.0 Å². The van der Waals surface area contributed by atoms with E-state index >= 15 is 0 Å². The maximum atomic E-state index is 11.0. The number of ether oxygens (including phenoxy) is 3. The fraction of sp³-hybridized carbons (Fsp3) is 0.333. The van der Waals surface area contributed by atoms with Gasteiger partial charge in [0.15, 0.2) is 0 Å². The SMILES string of the molecule is C[C@]1(OCc2ccccc2)C(O)S[C@@H](COCc2ccccc2)[C@H]1OCc1ccccc1. The highest BCUT2D eigenvalue weighted by Crippen LogP contribution is 2.45. The van der Waals surface area contributed by atoms with E-state index in [2.05, 4.69) is 0 Å². The van der Waals surface area contributed by atoms with Crippen LogP contribution in [-0.2, 0) is 34.0 Å². The van der Waals surface area contributed by atoms with E-state index in [4.69, 9.17) is 14.2 Å². The Kier molecular flexibility index (Phi) is 8.00. The van der Waals surface area contributed by atoms with E-state index in [9.17, 15) is 5.11 Å². The largest absolute Gasteiger partial charge is 0.379 e. The predicted molar refractivity (Wildman–Crippen MR) is 128 cm³/mol. The first-order chi connectivity index (χ1) is 15.6. The molecule has 4 rings (SSSR count). The third-order valence-corrected chi connectivity index (χ3v) is 7.21. The van der Waals surface area contributed by atoms with Crippen LogP contribution in [0.3, 0.4) is 0 Å². The van der Waals surface area contributed by atoms with Crippen LogP contribution in [0.15, 0.2) is 91.0 Å². The maximum Gasteiger partial charge on any atom is 0.131 e. The fourth-order valence-corrected chi connectivity index (χ4v) is 5.34. The number of hydrogen-bond acceptors (Lipinski definition) is 5. The van der Waals surface area contributed by atoms with Gasteiger partial charge in [-0.3, -0.25) is 0 Å². The molecule has 3 aromatic carbocycles. The van der Waals surface area contributed by atoms with Crippen LogP contribution in [0.4, 0.5) is 0 Å². The first-order valence-corrected chi connectivity index (χ1v) is 11.9. The molecule has 1 heterocycles. The standard InChI is InChI=1S/C27H30O4S/c1-27(31-19-23-15-9-4-10-16-23)25(30-18-22-13-7-3-8-14-22)24(32-26(27)28)20-29-17-21-11-5-2-6-12-21/h2-16,24-26,28H,17-20H2,1H3/t24-,25+,26?,27+/m0/s1. The Hall–Kier alpha value is -2.15. The maximum absolute atomic E-state index is 11.0. The van der Waals surface area contributed by atoms with E-state index in [0.717, 1.165) is 16.7 Å². The highest BCUT2D eigenvalue weighted by Gasteiger charge is 2.54. The molecular formula is C27H30O4S. The first-order valence-electron chi connectivity index (χ1n) is 10.9. The van der Waals surface area contributed by atoms with Crippen molar-refractivity contribution in [1.29, 1.82) is 0 Å². The van der Waals surface area contributed by atoms with E-state index in [1.165, 1.54) is 11.8 Å². The molecule has 1 aliphatic heterocycles. The summed E-state index contributed by atoms with van der Waals surface area (Å²) in [7, 11) is 0. The van der Waals surface area contributed by atoms with Crippen LogP contribution < -0.4 is 0 Å². The van der Waals surface area contributed by atoms with Gasteiger partial charge in [-0.2, -0.15) is 0 Å². The van der Waals surface area contributed by atoms with E-state index in [1.54, 1.807) is 0 Å². The Morgan fingerprint density at radius 3 is 1.81 bits per heavy atom. The summed E-state index contributed by atoms with van der Waals surface area (Å²) in [6.45, 7) is 3.82. The van der Waals surface area contributed by atoms with Crippen LogP contribution in [0.1, 0.15) is 23.6 Å². The van der Waals surface area contributed by atoms with Crippen molar-refractivity contribution in [3.05, 3.63) is 108 Å². The molecule has 1 aliphatic rings. The molecule has 1 fully saturated rings. The topological polar surface area (TPSA) is 47.9 Å². The van der Waals surface area contributed by atoms with Crippen LogP contribution in [0.25, 0.3) is 0 Å². The molecule has 1 N–H and O–H groups in total. The highest BCUT2D eigenvalue weighted by atomic mass is 32.2. The van der Waals surface area contributed by atoms with Gasteiger partial charge in [-0.25, -0.2) is 0 Å². The molecule has 0 spiro atoms. The second-order valence-corrected chi connectivity index (χ2v) is 9.53. The number of aliphatic hydroxyl groups excluding tert-OH is 1. The molecule has 0 radical (unpaired) electrons. The predicted octanol–water partition coefficient (Wildman–Crippen LogP) is 5.20. The van der Waals surface area contributed by atoms with Gasteiger partial charge in [0, 0.05) is 0 Å². The van der Waals surface area contributed by atoms with Crippen LogP contribution >= 0.6 is 11.8 Å². The fourth-order valence-electron chi connectivity index (χ4n) is 3.88. The van der Waals surface area contributed by atoms with Crippen molar-refractivity contribution >= 4 is 11.8 Å². The molecule has 4 atom stereocenters. The molecule has 0 aliphatic carbocycles. The van der Waals surface area contributed by atoms with Gasteiger partial charge in [0.05, 0.1) is 31.7 Å². The molecule has 1 saturated heterocycles. The lowest BCUT2D eigenvalue weighted by atomic mass is 9.96. The first kappa shape index (κ1) is 23.0. The van der Waals surface area contributed by atoms with Crippen molar-refractivity contribution in [1.82, 2.24) is 0 Å². The van der Waals surface area contributed by atoms with Gasteiger partial charge in [0.1, 0.15) is 17.1 Å². The summed E-state index contributed by atoms with van der Waals surface area (Å²) < 4.78 is 18.7. The summed E-state index contributed by atoms with van der Waals surface area (Å²) >= 11 is 1.47. The normalized spacial score (nSPS) is 25.1. The molecule has 3 aromatic rings. The minimum Gasteiger partial charge on any atom is -0.379 e. The number of rotatable bonds is 10. The number of benzene rings is 3. The van der Waals surface area contributed by atoms with Gasteiger partial charge in [0.2, 0.25) is 0 Å². The molecule has 4 nitrogen and oxygen atoms in total. The highest BCUT2D eigenvalue weighted by molar-refractivity contribution is 8.00. The van der Waals surface area contributed by atoms with Crippen molar-refractivity contribution in [2.24, 2.45) is 0 Å². The zero-order valence-electron chi connectivity index (χ0n) is 18.3. The Balaban J connectivity index is 1.45. The third-order valence-electron chi connectivity index (χ3n) is 5.76. The van der Waals surface area contributed by atoms with Crippen molar-refractivity contribution in [2.45, 2.75) is 49.1 Å². The van der Waals surface area contributed by atoms with E-state index in [0.29, 0.717) is 26.4 Å². The summed E-state index contributed by atoms with van der Waals surface area (Å²) in [6.07, 6.45) is -0.317. The van der Waals surface area contributed by atoms with Crippen molar-refractivity contribution in [2.75, 3.05) is 6.61 Å². The number of thioether (sulfide) groups is 1. The average molecular weight is 451 g/mol. The van der Waals surface area contributed by atoms with Crippen LogP contribution in [-0.4, -0.2) is 34.1 Å². The third kappa shape index (κ3) is 5.80. The summed E-state index contributed by atoms with van der Waals surface area (Å²) in [5, 5.41) is 10.9. The van der Waals surface area contributed by atoms with Crippen molar-refractivity contribution < 1.29 is 19.3 Å². The molecule has 168 valence electrons. The minimum absolute atomic E-state index is 0.0433. The quantitative estimate of drug-likeness (QED) is 0.460. The summed E-state index contributed by atoms with van der Waals surface area (Å²) in [5.74, 6) is 0. The Morgan fingerprint density at radius 1 is 0.750 bits per heavy atom. The molecule has 0 aromatic heterocycles. The van der Waals surface area contributed by atoms with E-state index in [-0.39, 0.29) is 11.4 Å². The minimum atomic E-state index is -0.851. The second kappa shape index (κ2) is 11.1. The smallest absolute Gasteiger partial charge is 0.131 e. The van der Waals surface area contributed by atoms with Crippen LogP contribution in [0, 0.1) is 0 Å². The lowest BCUT2D eigenvalue weighted by Gasteiger charge is -2.35. The van der Waals surface area contributed by atoms with Crippen LogP contribution in [0.2, 0.25) is 0 Å². The van der Waals surface area contributed by atoms with Gasteiger partial charge in [0.25, 0.3) is 0 Å². The van der Waals surface area contributed by atoms with Crippen molar-refractivity contribution in [3.63, 3.8) is 0 Å². The Labute approximate surface area is 194 Å². The average Bonchev–Trinajstić information content (AvgIpc) is 3.07. The molecule has 5 heteroatoms. The molecular weight excluding hydrogens is 420 g/mol. The molecule has 32 heavy (non-hydrogen) atoms.